The van der Waals surface area contributed by atoms with E-state index in [9.17, 15) is 4.39 Å². The molecule has 0 fully saturated rings. The predicted molar refractivity (Wildman–Crippen MR) is 131 cm³/mol. The number of pyridine rings is 1. The Balaban J connectivity index is 0.00000121. The van der Waals surface area contributed by atoms with E-state index in [1.807, 2.05) is 58.0 Å². The van der Waals surface area contributed by atoms with E-state index in [4.69, 9.17) is 0 Å². The Bertz CT molecular complexity index is 815. The Kier molecular flexibility index (Phi) is 14.2. The first kappa shape index (κ1) is 27.1. The lowest BCUT2D eigenvalue weighted by Gasteiger charge is -2.25. The van der Waals surface area contributed by atoms with Gasteiger partial charge in [0.25, 0.3) is 0 Å². The van der Waals surface area contributed by atoms with Crippen LogP contribution in [0.2, 0.25) is 0 Å². The van der Waals surface area contributed by atoms with Crippen molar-refractivity contribution in [2.24, 2.45) is 0 Å². The number of benzene rings is 1. The Labute approximate surface area is 192 Å². The molecule has 0 amide bonds. The highest BCUT2D eigenvalue weighted by Crippen LogP contribution is 2.16. The quantitative estimate of drug-likeness (QED) is 0.466. The Morgan fingerprint density at radius 2 is 1.69 bits per heavy atom. The Morgan fingerprint density at radius 3 is 2.31 bits per heavy atom. The number of aromatic nitrogens is 3. The van der Waals surface area contributed by atoms with Gasteiger partial charge in [-0.15, -0.1) is 0 Å². The van der Waals surface area contributed by atoms with Crippen molar-refractivity contribution in [3.05, 3.63) is 84.3 Å². The third kappa shape index (κ3) is 10.4. The second-order valence-corrected chi connectivity index (χ2v) is 6.59. The summed E-state index contributed by atoms with van der Waals surface area (Å²) in [6, 6.07) is 12.6. The van der Waals surface area contributed by atoms with Crippen molar-refractivity contribution in [1.29, 1.82) is 0 Å². The normalized spacial score (nSPS) is 11.0. The van der Waals surface area contributed by atoms with Crippen LogP contribution in [-0.4, -0.2) is 46.5 Å². The molecular weight excluding hydrogens is 403 g/mol. The Hall–Kier alpha value is -2.90. The highest BCUT2D eigenvalue weighted by atomic mass is 19.1. The lowest BCUT2D eigenvalue weighted by atomic mass is 10.1. The minimum Gasteiger partial charge on any atom is -0.368 e. The molecule has 0 radical (unpaired) electrons. The highest BCUT2D eigenvalue weighted by molar-refractivity contribution is 5.29. The zero-order valence-electron chi connectivity index (χ0n) is 19.9. The molecule has 0 saturated carbocycles. The molecule has 2 N–H and O–H groups in total. The number of nitrogens with one attached hydrogen (secondary N) is 2. The summed E-state index contributed by atoms with van der Waals surface area (Å²) in [5.74, 6) is 0.535. The first-order valence-corrected chi connectivity index (χ1v) is 11.3. The molecule has 0 aliphatic rings. The number of halogens is 1. The van der Waals surface area contributed by atoms with Crippen LogP contribution >= 0.6 is 0 Å². The number of nitrogens with zero attached hydrogens (tertiary/aromatic N) is 4. The number of hydrogen-bond acceptors (Lipinski definition) is 6. The Morgan fingerprint density at radius 1 is 0.938 bits per heavy atom. The maximum Gasteiger partial charge on any atom is 0.144 e. The van der Waals surface area contributed by atoms with Crippen molar-refractivity contribution in [3.8, 4) is 0 Å². The minimum absolute atomic E-state index is 0.0594. The van der Waals surface area contributed by atoms with Crippen LogP contribution in [0.3, 0.4) is 0 Å². The van der Waals surface area contributed by atoms with Crippen molar-refractivity contribution in [2.75, 3.05) is 32.0 Å². The molecule has 0 saturated heterocycles. The van der Waals surface area contributed by atoms with Crippen LogP contribution in [0.1, 0.15) is 45.0 Å². The fraction of sp³-hybridized carbons (Fsp3) is 0.400. The van der Waals surface area contributed by atoms with Gasteiger partial charge in [-0.2, -0.15) is 0 Å². The van der Waals surface area contributed by atoms with Crippen molar-refractivity contribution < 1.29 is 4.39 Å². The molecule has 6 nitrogen and oxygen atoms in total. The maximum absolute atomic E-state index is 13.3. The third-order valence-corrected chi connectivity index (χ3v) is 4.39. The fourth-order valence-electron chi connectivity index (χ4n) is 2.88. The lowest BCUT2D eigenvalue weighted by Crippen LogP contribution is -2.35. The number of rotatable bonds is 10. The van der Waals surface area contributed by atoms with Crippen molar-refractivity contribution in [3.63, 3.8) is 0 Å². The molecule has 0 aliphatic heterocycles. The largest absolute Gasteiger partial charge is 0.368 e. The van der Waals surface area contributed by atoms with Crippen LogP contribution in [0.15, 0.2) is 67.3 Å². The summed E-state index contributed by atoms with van der Waals surface area (Å²) in [6.45, 7) is 11.0. The second kappa shape index (κ2) is 16.8. The van der Waals surface area contributed by atoms with E-state index in [-0.39, 0.29) is 11.9 Å². The number of hydrogen-bond donors (Lipinski definition) is 2. The SMILES string of the molecule is CC.CC.CN(CCNc1cnccn1)CC(NCc1ccccn1)c1ccc(F)cc1. The first-order valence-electron chi connectivity index (χ1n) is 11.3. The summed E-state index contributed by atoms with van der Waals surface area (Å²) in [7, 11) is 2.07. The van der Waals surface area contributed by atoms with Crippen LogP contribution in [0.25, 0.3) is 0 Å². The van der Waals surface area contributed by atoms with Crippen LogP contribution in [0.4, 0.5) is 10.2 Å². The van der Waals surface area contributed by atoms with Crippen LogP contribution in [0, 0.1) is 5.82 Å². The molecule has 1 aromatic carbocycles. The summed E-state index contributed by atoms with van der Waals surface area (Å²) in [6.07, 6.45) is 6.81. The van der Waals surface area contributed by atoms with E-state index in [1.54, 1.807) is 24.8 Å². The van der Waals surface area contributed by atoms with E-state index >= 15 is 0 Å². The summed E-state index contributed by atoms with van der Waals surface area (Å²) in [5, 5.41) is 6.80. The molecule has 7 heteroatoms. The van der Waals surface area contributed by atoms with Gasteiger partial charge in [0, 0.05) is 50.8 Å². The molecule has 1 atom stereocenters. The zero-order valence-corrected chi connectivity index (χ0v) is 19.9. The lowest BCUT2D eigenvalue weighted by molar-refractivity contribution is 0.298. The summed E-state index contributed by atoms with van der Waals surface area (Å²) in [5.41, 5.74) is 2.02. The molecule has 3 aromatic rings. The average molecular weight is 441 g/mol. The topological polar surface area (TPSA) is 66.0 Å². The molecule has 0 bridgehead atoms. The molecule has 0 spiro atoms. The third-order valence-electron chi connectivity index (χ3n) is 4.39. The van der Waals surface area contributed by atoms with Gasteiger partial charge in [-0.05, 0) is 36.9 Å². The molecule has 32 heavy (non-hydrogen) atoms. The zero-order chi connectivity index (χ0) is 23.6. The van der Waals surface area contributed by atoms with Gasteiger partial charge >= 0.3 is 0 Å². The first-order chi connectivity index (χ1) is 15.7. The van der Waals surface area contributed by atoms with Gasteiger partial charge in [0.05, 0.1) is 11.9 Å². The summed E-state index contributed by atoms with van der Waals surface area (Å²) < 4.78 is 13.3. The van der Waals surface area contributed by atoms with Gasteiger partial charge in [-0.25, -0.2) is 9.37 Å². The van der Waals surface area contributed by atoms with E-state index in [0.29, 0.717) is 6.54 Å². The van der Waals surface area contributed by atoms with Gasteiger partial charge < -0.3 is 15.5 Å². The maximum atomic E-state index is 13.3. The molecule has 3 rings (SSSR count). The monoisotopic (exact) mass is 440 g/mol. The number of anilines is 1. The predicted octanol–water partition coefficient (Wildman–Crippen LogP) is 4.94. The minimum atomic E-state index is -0.228. The van der Waals surface area contributed by atoms with Crippen LogP contribution in [0.5, 0.6) is 0 Å². The van der Waals surface area contributed by atoms with E-state index in [1.165, 1.54) is 12.1 Å². The summed E-state index contributed by atoms with van der Waals surface area (Å²) in [4.78, 5) is 14.8. The highest BCUT2D eigenvalue weighted by Gasteiger charge is 2.14. The van der Waals surface area contributed by atoms with E-state index in [2.05, 4.69) is 37.5 Å². The van der Waals surface area contributed by atoms with Gasteiger partial charge in [0.2, 0.25) is 0 Å². The average Bonchev–Trinajstić information content (AvgIpc) is 2.86. The standard InChI is InChI=1S/C21H25FN6.2C2H6/c1-28(13-12-26-21-15-23-10-11-25-21)16-20(17-5-7-18(22)8-6-17)27-14-19-4-2-3-9-24-19;2*1-2/h2-11,15,20,27H,12-14,16H2,1H3,(H,25,26);2*1-2H3. The summed E-state index contributed by atoms with van der Waals surface area (Å²) >= 11 is 0. The molecule has 1 unspecified atom stereocenters. The van der Waals surface area contributed by atoms with Crippen LogP contribution < -0.4 is 10.6 Å². The van der Waals surface area contributed by atoms with Crippen LogP contribution in [-0.2, 0) is 6.54 Å². The molecule has 0 aliphatic carbocycles. The van der Waals surface area contributed by atoms with Crippen molar-refractivity contribution in [2.45, 2.75) is 40.3 Å². The van der Waals surface area contributed by atoms with Gasteiger partial charge in [0.1, 0.15) is 11.6 Å². The van der Waals surface area contributed by atoms with Crippen molar-refractivity contribution >= 4 is 5.82 Å². The second-order valence-electron chi connectivity index (χ2n) is 6.59. The smallest absolute Gasteiger partial charge is 0.144 e. The van der Waals surface area contributed by atoms with E-state index < -0.39 is 0 Å². The number of likely N-dealkylation sites (N-methyl/N-ethyl adjacent to an activating group) is 1. The van der Waals surface area contributed by atoms with Gasteiger partial charge in [0.15, 0.2) is 0 Å². The molecule has 2 aromatic heterocycles. The van der Waals surface area contributed by atoms with Gasteiger partial charge in [-0.1, -0.05) is 45.9 Å². The van der Waals surface area contributed by atoms with E-state index in [0.717, 1.165) is 36.7 Å². The fourth-order valence-corrected chi connectivity index (χ4v) is 2.88. The molecular formula is C25H37FN6. The molecule has 2 heterocycles. The van der Waals surface area contributed by atoms with Gasteiger partial charge in [-0.3, -0.25) is 9.97 Å². The molecule has 174 valence electrons. The van der Waals surface area contributed by atoms with Crippen molar-refractivity contribution in [1.82, 2.24) is 25.2 Å².